The first kappa shape index (κ1) is 24.2. The van der Waals surface area contributed by atoms with Crippen molar-refractivity contribution in [3.8, 4) is 5.75 Å². The van der Waals surface area contributed by atoms with Crippen LogP contribution in [0.3, 0.4) is 0 Å². The van der Waals surface area contributed by atoms with Crippen LogP contribution in [-0.4, -0.2) is 41.4 Å². The molecule has 2 N–H and O–H groups in total. The lowest BCUT2D eigenvalue weighted by molar-refractivity contribution is 0.102. The SMILES string of the molecule is CCN(CC)S(=O)(=O)c1ccc(O)c(NC(=O)c2cccn(Cc3cccc(C)c3)c2=O)c1. The normalized spacial score (nSPS) is 11.5. The van der Waals surface area contributed by atoms with Gasteiger partial charge in [-0.2, -0.15) is 4.31 Å². The number of hydrogen-bond donors (Lipinski definition) is 2. The smallest absolute Gasteiger partial charge is 0.263 e. The molecule has 8 nitrogen and oxygen atoms in total. The Hall–Kier alpha value is -3.43. The summed E-state index contributed by atoms with van der Waals surface area (Å²) >= 11 is 0. The Morgan fingerprint density at radius 2 is 1.79 bits per heavy atom. The summed E-state index contributed by atoms with van der Waals surface area (Å²) in [4.78, 5) is 25.7. The second-order valence-corrected chi connectivity index (χ2v) is 9.50. The van der Waals surface area contributed by atoms with E-state index in [1.165, 1.54) is 33.1 Å². The van der Waals surface area contributed by atoms with Gasteiger partial charge in [0.15, 0.2) is 0 Å². The minimum atomic E-state index is -3.79. The fourth-order valence-corrected chi connectivity index (χ4v) is 5.00. The molecule has 2 aromatic carbocycles. The number of aryl methyl sites for hydroxylation is 1. The van der Waals surface area contributed by atoms with Gasteiger partial charge in [-0.1, -0.05) is 43.7 Å². The lowest BCUT2D eigenvalue weighted by atomic mass is 10.1. The molecule has 1 heterocycles. The van der Waals surface area contributed by atoms with Gasteiger partial charge in [-0.15, -0.1) is 0 Å². The Balaban J connectivity index is 1.90. The molecule has 0 aliphatic rings. The van der Waals surface area contributed by atoms with E-state index in [-0.39, 0.29) is 35.0 Å². The van der Waals surface area contributed by atoms with E-state index >= 15 is 0 Å². The average molecular weight is 470 g/mol. The Bertz CT molecular complexity index is 1330. The molecule has 0 saturated carbocycles. The number of anilines is 1. The van der Waals surface area contributed by atoms with Crippen LogP contribution < -0.4 is 10.9 Å². The van der Waals surface area contributed by atoms with E-state index in [1.54, 1.807) is 26.1 Å². The number of nitrogens with zero attached hydrogens (tertiary/aromatic N) is 2. The van der Waals surface area contributed by atoms with Gasteiger partial charge >= 0.3 is 0 Å². The number of hydrogen-bond acceptors (Lipinski definition) is 5. The molecule has 0 saturated heterocycles. The largest absolute Gasteiger partial charge is 0.506 e. The van der Waals surface area contributed by atoms with Gasteiger partial charge in [0.2, 0.25) is 10.0 Å². The van der Waals surface area contributed by atoms with Crippen LogP contribution in [0, 0.1) is 6.92 Å². The molecule has 0 aliphatic heterocycles. The standard InChI is InChI=1S/C24H27N3O5S/c1-4-27(5-2)33(31,32)19-11-12-22(28)21(15-19)25-23(29)20-10-7-13-26(24(20)30)16-18-9-6-8-17(3)14-18/h6-15,28H,4-5,16H2,1-3H3,(H,25,29). The first-order chi connectivity index (χ1) is 15.7. The van der Waals surface area contributed by atoms with E-state index < -0.39 is 21.5 Å². The monoisotopic (exact) mass is 469 g/mol. The molecule has 1 aromatic heterocycles. The molecule has 0 unspecified atom stereocenters. The van der Waals surface area contributed by atoms with Gasteiger partial charge in [0, 0.05) is 19.3 Å². The number of sulfonamides is 1. The third-order valence-electron chi connectivity index (χ3n) is 5.26. The predicted octanol–water partition coefficient (Wildman–Crippen LogP) is 3.19. The van der Waals surface area contributed by atoms with Gasteiger partial charge in [0.05, 0.1) is 17.1 Å². The maximum Gasteiger partial charge on any atom is 0.263 e. The highest BCUT2D eigenvalue weighted by atomic mass is 32.2. The Labute approximate surface area is 193 Å². The zero-order valence-electron chi connectivity index (χ0n) is 18.8. The zero-order valence-corrected chi connectivity index (χ0v) is 19.6. The molecular weight excluding hydrogens is 442 g/mol. The van der Waals surface area contributed by atoms with E-state index in [0.717, 1.165) is 11.1 Å². The van der Waals surface area contributed by atoms with E-state index in [9.17, 15) is 23.1 Å². The lowest BCUT2D eigenvalue weighted by Crippen LogP contribution is -2.31. The third-order valence-corrected chi connectivity index (χ3v) is 7.31. The Morgan fingerprint density at radius 1 is 1.06 bits per heavy atom. The van der Waals surface area contributed by atoms with E-state index in [2.05, 4.69) is 5.32 Å². The van der Waals surface area contributed by atoms with Crippen molar-refractivity contribution in [1.29, 1.82) is 0 Å². The van der Waals surface area contributed by atoms with Crippen LogP contribution in [0.25, 0.3) is 0 Å². The summed E-state index contributed by atoms with van der Waals surface area (Å²) in [5.41, 5.74) is 1.26. The molecule has 3 rings (SSSR count). The second-order valence-electron chi connectivity index (χ2n) is 7.57. The minimum Gasteiger partial charge on any atom is -0.506 e. The van der Waals surface area contributed by atoms with Gasteiger partial charge in [-0.25, -0.2) is 8.42 Å². The minimum absolute atomic E-state index is 0.0655. The van der Waals surface area contributed by atoms with Crippen molar-refractivity contribution in [3.63, 3.8) is 0 Å². The Morgan fingerprint density at radius 3 is 2.45 bits per heavy atom. The van der Waals surface area contributed by atoms with Crippen molar-refractivity contribution in [2.24, 2.45) is 0 Å². The molecule has 33 heavy (non-hydrogen) atoms. The molecule has 0 atom stereocenters. The van der Waals surface area contributed by atoms with Crippen molar-refractivity contribution >= 4 is 21.6 Å². The summed E-state index contributed by atoms with van der Waals surface area (Å²) in [6, 6.07) is 14.3. The summed E-state index contributed by atoms with van der Waals surface area (Å²) < 4.78 is 28.3. The highest BCUT2D eigenvalue weighted by Gasteiger charge is 2.23. The molecule has 0 aliphatic carbocycles. The van der Waals surface area contributed by atoms with Crippen LogP contribution in [0.4, 0.5) is 5.69 Å². The first-order valence-corrected chi connectivity index (χ1v) is 12.0. The predicted molar refractivity (Wildman–Crippen MR) is 127 cm³/mol. The number of rotatable bonds is 8. The van der Waals surface area contributed by atoms with Crippen molar-refractivity contribution in [2.45, 2.75) is 32.2 Å². The number of aromatic hydroxyl groups is 1. The van der Waals surface area contributed by atoms with Gasteiger partial charge in [-0.3, -0.25) is 9.59 Å². The molecule has 174 valence electrons. The maximum absolute atomic E-state index is 12.9. The summed E-state index contributed by atoms with van der Waals surface area (Å²) in [5.74, 6) is -1.05. The second kappa shape index (κ2) is 10.0. The number of nitrogens with one attached hydrogen (secondary N) is 1. The number of phenols is 1. The maximum atomic E-state index is 12.9. The molecular formula is C24H27N3O5S. The van der Waals surface area contributed by atoms with Gasteiger partial charge in [-0.05, 0) is 42.8 Å². The van der Waals surface area contributed by atoms with Crippen molar-refractivity contribution < 1.29 is 18.3 Å². The van der Waals surface area contributed by atoms with Crippen molar-refractivity contribution in [1.82, 2.24) is 8.87 Å². The molecule has 3 aromatic rings. The van der Waals surface area contributed by atoms with Crippen LogP contribution >= 0.6 is 0 Å². The number of phenolic OH excluding ortho intramolecular Hbond substituents is 1. The highest BCUT2D eigenvalue weighted by Crippen LogP contribution is 2.28. The number of carbonyl (C=O) groups is 1. The molecule has 0 radical (unpaired) electrons. The molecule has 0 spiro atoms. The van der Waals surface area contributed by atoms with Crippen LogP contribution in [-0.2, 0) is 16.6 Å². The quantitative estimate of drug-likeness (QED) is 0.493. The molecule has 9 heteroatoms. The lowest BCUT2D eigenvalue weighted by Gasteiger charge is -2.19. The van der Waals surface area contributed by atoms with Crippen LogP contribution in [0.5, 0.6) is 5.75 Å². The van der Waals surface area contributed by atoms with Crippen LogP contribution in [0.15, 0.2) is 70.5 Å². The van der Waals surface area contributed by atoms with Crippen LogP contribution in [0.1, 0.15) is 35.3 Å². The average Bonchev–Trinajstić information content (AvgIpc) is 2.77. The fraction of sp³-hybridized carbons (Fsp3) is 0.250. The highest BCUT2D eigenvalue weighted by molar-refractivity contribution is 7.89. The van der Waals surface area contributed by atoms with Gasteiger partial charge in [0.1, 0.15) is 11.3 Å². The molecule has 0 bridgehead atoms. The first-order valence-electron chi connectivity index (χ1n) is 10.6. The Kier molecular flexibility index (Phi) is 7.35. The van der Waals surface area contributed by atoms with Crippen LogP contribution in [0.2, 0.25) is 0 Å². The number of carbonyl (C=O) groups excluding carboxylic acids is 1. The summed E-state index contributed by atoms with van der Waals surface area (Å²) in [5, 5.41) is 12.7. The number of aromatic nitrogens is 1. The number of amides is 1. The number of benzene rings is 2. The topological polar surface area (TPSA) is 109 Å². The molecule has 1 amide bonds. The van der Waals surface area contributed by atoms with Gasteiger partial charge < -0.3 is 15.0 Å². The summed E-state index contributed by atoms with van der Waals surface area (Å²) in [7, 11) is -3.79. The van der Waals surface area contributed by atoms with E-state index in [0.29, 0.717) is 6.54 Å². The van der Waals surface area contributed by atoms with E-state index in [4.69, 9.17) is 0 Å². The van der Waals surface area contributed by atoms with Crippen molar-refractivity contribution in [3.05, 3.63) is 87.8 Å². The summed E-state index contributed by atoms with van der Waals surface area (Å²) in [6.07, 6.45) is 1.59. The summed E-state index contributed by atoms with van der Waals surface area (Å²) in [6.45, 7) is 6.27. The van der Waals surface area contributed by atoms with Gasteiger partial charge in [0.25, 0.3) is 11.5 Å². The number of pyridine rings is 1. The fourth-order valence-electron chi connectivity index (χ4n) is 3.52. The molecule has 0 fully saturated rings. The third kappa shape index (κ3) is 5.32. The van der Waals surface area contributed by atoms with E-state index in [1.807, 2.05) is 31.2 Å². The zero-order chi connectivity index (χ0) is 24.2. The van der Waals surface area contributed by atoms with Crippen molar-refractivity contribution in [2.75, 3.05) is 18.4 Å².